The molecule has 0 saturated carbocycles. The second-order valence-electron chi connectivity index (χ2n) is 9.45. The van der Waals surface area contributed by atoms with Crippen LogP contribution < -0.4 is 0 Å². The van der Waals surface area contributed by atoms with Crippen LogP contribution in [0.1, 0.15) is 6.42 Å². The Kier molecular flexibility index (Phi) is 14.5. The first-order valence-corrected chi connectivity index (χ1v) is 12.6. The average molecular weight is 858 g/mol. The van der Waals surface area contributed by atoms with Crippen molar-refractivity contribution < 1.29 is 143 Å². The number of rotatable bonds is 20. The Labute approximate surface area is 271 Å². The maximum Gasteiger partial charge on any atom is 0.460 e. The Balaban J connectivity index is 6.18. The van der Waals surface area contributed by atoms with Crippen LogP contribution in [0.4, 0.5) is 110 Å². The SMILES string of the molecule is O=C(CC(CSOOO)C(=O)OCC(F)(F)C(F)(F)C(F)(F)C(F)(F)C(F)(F)C(F)(F)F)OCC(F)(F)C(F)(F)C(F)(F)C(F)(F)C(F)(F)C(F)F. The van der Waals surface area contributed by atoms with E-state index in [1.807, 2.05) is 0 Å². The molecule has 33 heteroatoms. The minimum atomic E-state index is -8.40. The molecular weight excluding hydrogens is 847 g/mol. The van der Waals surface area contributed by atoms with Crippen LogP contribution in [-0.2, 0) is 28.4 Å². The topological polar surface area (TPSA) is 91.3 Å². The summed E-state index contributed by atoms with van der Waals surface area (Å²) < 4.78 is 340. The standard InChI is InChI=1S/C19H11F25O7S/c20-8(21)11(26,27)14(32,33)15(34,35)12(28,29)9(22,23)3-48-6(45)1-5(2-52-51-50-47)7(46)49-4-10(24,25)13(30,31)16(36,37)17(38,39)18(40,41)19(42,43)44/h5,8,47H,1-4H2. The number of halogens is 25. The molecule has 1 atom stereocenters. The van der Waals surface area contributed by atoms with E-state index in [-0.39, 0.29) is 0 Å². The normalized spacial score (nSPS) is 15.9. The molecule has 1 unspecified atom stereocenters. The summed E-state index contributed by atoms with van der Waals surface area (Å²) in [6.45, 7) is -7.39. The summed E-state index contributed by atoms with van der Waals surface area (Å²) in [5.41, 5.74) is 0. The van der Waals surface area contributed by atoms with Gasteiger partial charge in [-0.05, 0) is 0 Å². The summed E-state index contributed by atoms with van der Waals surface area (Å²) in [5.74, 6) is -88.6. The zero-order valence-electron chi connectivity index (χ0n) is 23.2. The molecule has 0 aromatic carbocycles. The molecule has 0 aromatic rings. The number of carbonyl (C=O) groups excluding carboxylic acids is 2. The molecule has 0 aliphatic heterocycles. The lowest BCUT2D eigenvalue weighted by molar-refractivity contribution is -0.441. The van der Waals surface area contributed by atoms with E-state index in [1.54, 1.807) is 0 Å². The van der Waals surface area contributed by atoms with Crippen molar-refractivity contribution in [2.45, 2.75) is 78.2 Å². The van der Waals surface area contributed by atoms with Crippen molar-refractivity contribution in [2.75, 3.05) is 19.0 Å². The highest BCUT2D eigenvalue weighted by Crippen LogP contribution is 2.61. The van der Waals surface area contributed by atoms with Crippen LogP contribution in [0.5, 0.6) is 0 Å². The maximum atomic E-state index is 13.9. The van der Waals surface area contributed by atoms with Crippen LogP contribution in [0.25, 0.3) is 0 Å². The Morgan fingerprint density at radius 3 is 1.27 bits per heavy atom. The van der Waals surface area contributed by atoms with Crippen LogP contribution >= 0.6 is 12.0 Å². The van der Waals surface area contributed by atoms with Crippen molar-refractivity contribution >= 4 is 24.0 Å². The van der Waals surface area contributed by atoms with Crippen LogP contribution in [0, 0.1) is 5.92 Å². The van der Waals surface area contributed by atoms with Gasteiger partial charge in [-0.25, -0.2) is 14.0 Å². The van der Waals surface area contributed by atoms with E-state index in [4.69, 9.17) is 5.26 Å². The van der Waals surface area contributed by atoms with Gasteiger partial charge in [0.05, 0.1) is 12.3 Å². The van der Waals surface area contributed by atoms with Gasteiger partial charge in [-0.15, -0.1) is 4.33 Å². The highest BCUT2D eigenvalue weighted by molar-refractivity contribution is 7.94. The van der Waals surface area contributed by atoms with E-state index in [0.717, 1.165) is 0 Å². The van der Waals surface area contributed by atoms with Crippen molar-refractivity contribution in [2.24, 2.45) is 5.92 Å². The molecule has 310 valence electrons. The Morgan fingerprint density at radius 1 is 0.538 bits per heavy atom. The van der Waals surface area contributed by atoms with Crippen molar-refractivity contribution in [3.05, 3.63) is 0 Å². The van der Waals surface area contributed by atoms with Crippen LogP contribution in [-0.4, -0.2) is 108 Å². The van der Waals surface area contributed by atoms with Gasteiger partial charge >= 0.3 is 83.8 Å². The van der Waals surface area contributed by atoms with Crippen LogP contribution in [0.3, 0.4) is 0 Å². The van der Waals surface area contributed by atoms with Crippen LogP contribution in [0.2, 0.25) is 0 Å². The second kappa shape index (κ2) is 15.3. The number of ether oxygens (including phenoxy) is 2. The highest BCUT2D eigenvalue weighted by atomic mass is 32.2. The van der Waals surface area contributed by atoms with Gasteiger partial charge in [0.2, 0.25) is 0 Å². The fraction of sp³-hybridized carbons (Fsp3) is 0.895. The molecule has 0 aliphatic carbocycles. The van der Waals surface area contributed by atoms with Crippen molar-refractivity contribution in [1.29, 1.82) is 0 Å². The van der Waals surface area contributed by atoms with Crippen molar-refractivity contribution in [3.8, 4) is 0 Å². The van der Waals surface area contributed by atoms with Gasteiger partial charge in [-0.1, -0.05) is 5.04 Å². The van der Waals surface area contributed by atoms with Gasteiger partial charge in [-0.2, -0.15) is 101 Å². The van der Waals surface area contributed by atoms with Gasteiger partial charge in [-0.3, -0.25) is 9.59 Å². The highest BCUT2D eigenvalue weighted by Gasteiger charge is 2.91. The van der Waals surface area contributed by atoms with E-state index in [0.29, 0.717) is 0 Å². The third kappa shape index (κ3) is 8.53. The fourth-order valence-electron chi connectivity index (χ4n) is 2.81. The third-order valence-electron chi connectivity index (χ3n) is 5.84. The maximum absolute atomic E-state index is 13.9. The molecule has 1 N–H and O–H groups in total. The summed E-state index contributed by atoms with van der Waals surface area (Å²) in [4.78, 5) is 23.7. The van der Waals surface area contributed by atoms with Crippen LogP contribution in [0.15, 0.2) is 0 Å². The Hall–Kier alpha value is -2.58. The first kappa shape index (κ1) is 49.4. The quantitative estimate of drug-likeness (QED) is 0.0327. The Morgan fingerprint density at radius 2 is 0.904 bits per heavy atom. The molecule has 0 aliphatic rings. The smallest absolute Gasteiger partial charge is 0.459 e. The van der Waals surface area contributed by atoms with Crippen molar-refractivity contribution in [3.63, 3.8) is 0 Å². The zero-order chi connectivity index (χ0) is 42.2. The molecule has 0 amide bonds. The molecule has 0 heterocycles. The minimum Gasteiger partial charge on any atom is -0.459 e. The van der Waals surface area contributed by atoms with Gasteiger partial charge in [0.25, 0.3) is 0 Å². The van der Waals surface area contributed by atoms with E-state index in [2.05, 4.69) is 18.8 Å². The molecule has 0 rings (SSSR count). The molecule has 0 aromatic heterocycles. The van der Waals surface area contributed by atoms with Crippen molar-refractivity contribution in [1.82, 2.24) is 0 Å². The molecule has 0 fully saturated rings. The lowest BCUT2D eigenvalue weighted by Crippen LogP contribution is -2.70. The Bertz CT molecular complexity index is 1240. The van der Waals surface area contributed by atoms with Gasteiger partial charge in [0.1, 0.15) is 0 Å². The lowest BCUT2D eigenvalue weighted by Gasteiger charge is -2.39. The van der Waals surface area contributed by atoms with E-state index in [1.165, 1.54) is 0 Å². The summed E-state index contributed by atoms with van der Waals surface area (Å²) in [6, 6.07) is 0. The summed E-state index contributed by atoms with van der Waals surface area (Å²) in [7, 11) is 0. The summed E-state index contributed by atoms with van der Waals surface area (Å²) in [5, 5.41) is 10.8. The van der Waals surface area contributed by atoms with Gasteiger partial charge < -0.3 is 9.47 Å². The lowest BCUT2D eigenvalue weighted by atomic mass is 9.94. The summed E-state index contributed by atoms with van der Waals surface area (Å²) >= 11 is -0.587. The third-order valence-corrected chi connectivity index (χ3v) is 6.54. The number of carbonyl (C=O) groups is 2. The molecule has 0 radical (unpaired) electrons. The van der Waals surface area contributed by atoms with E-state index >= 15 is 0 Å². The monoisotopic (exact) mass is 858 g/mol. The first-order valence-electron chi connectivity index (χ1n) is 11.7. The molecule has 0 saturated heterocycles. The zero-order valence-corrected chi connectivity index (χ0v) is 24.1. The molecular formula is C19H11F25O7S. The molecule has 7 nitrogen and oxygen atoms in total. The number of hydrogen-bond donors (Lipinski definition) is 1. The first-order chi connectivity index (χ1) is 22.6. The van der Waals surface area contributed by atoms with E-state index in [9.17, 15) is 119 Å². The number of esters is 2. The minimum absolute atomic E-state index is 0.587. The predicted octanol–water partition coefficient (Wildman–Crippen LogP) is 8.33. The second-order valence-corrected chi connectivity index (χ2v) is 10.2. The number of hydrogen-bond acceptors (Lipinski definition) is 8. The average Bonchev–Trinajstić information content (AvgIpc) is 2.96. The van der Waals surface area contributed by atoms with Gasteiger partial charge in [0, 0.05) is 17.8 Å². The largest absolute Gasteiger partial charge is 0.460 e. The molecule has 52 heavy (non-hydrogen) atoms. The molecule has 0 spiro atoms. The van der Waals surface area contributed by atoms with E-state index < -0.39 is 127 Å². The van der Waals surface area contributed by atoms with Gasteiger partial charge in [0.15, 0.2) is 13.2 Å². The number of alkyl halides is 25. The predicted molar refractivity (Wildman–Crippen MR) is 109 cm³/mol. The molecule has 0 bridgehead atoms. The fourth-order valence-corrected chi connectivity index (χ4v) is 3.33. The summed E-state index contributed by atoms with van der Waals surface area (Å²) in [6.07, 6.45) is -15.9.